The largest absolute Gasteiger partial charge is 0.495 e. The van der Waals surface area contributed by atoms with Crippen molar-refractivity contribution in [2.24, 2.45) is 0 Å². The van der Waals surface area contributed by atoms with E-state index in [1.807, 2.05) is 6.07 Å². The monoisotopic (exact) mass is 486 g/mol. The fourth-order valence-corrected chi connectivity index (χ4v) is 4.02. The van der Waals surface area contributed by atoms with Gasteiger partial charge in [-0.1, -0.05) is 29.3 Å². The molecule has 2 N–H and O–H groups in total. The van der Waals surface area contributed by atoms with Crippen LogP contribution in [0.25, 0.3) is 0 Å². The quantitative estimate of drug-likeness (QED) is 0.577. The first-order chi connectivity index (χ1) is 15.8. The number of amides is 1. The van der Waals surface area contributed by atoms with Gasteiger partial charge in [0.1, 0.15) is 11.5 Å². The Balaban J connectivity index is 1.61. The van der Waals surface area contributed by atoms with E-state index < -0.39 is 5.41 Å². The first kappa shape index (κ1) is 24.5. The summed E-state index contributed by atoms with van der Waals surface area (Å²) in [5.41, 5.74) is 0.596. The molecule has 3 rings (SSSR count). The van der Waals surface area contributed by atoms with Crippen LogP contribution in [0.4, 0.5) is 0 Å². The van der Waals surface area contributed by atoms with Gasteiger partial charge in [0.2, 0.25) is 5.91 Å². The summed E-state index contributed by atoms with van der Waals surface area (Å²) in [6.45, 7) is 2.61. The highest BCUT2D eigenvalue weighted by molar-refractivity contribution is 6.45. The number of ether oxygens (including phenoxy) is 1. The second kappa shape index (κ2) is 10.6. The molecule has 172 valence electrons. The van der Waals surface area contributed by atoms with E-state index in [1.165, 1.54) is 19.5 Å². The van der Waals surface area contributed by atoms with Crippen LogP contribution in [-0.4, -0.2) is 53.2 Å². The lowest BCUT2D eigenvalue weighted by Crippen LogP contribution is -2.47. The molecule has 0 unspecified atom stereocenters. The molecular formula is C23H24Cl2N6O2. The number of methoxy groups -OCH3 is 1. The van der Waals surface area contributed by atoms with Crippen molar-refractivity contribution in [3.63, 3.8) is 0 Å². The van der Waals surface area contributed by atoms with E-state index in [0.29, 0.717) is 42.4 Å². The number of halogens is 2. The first-order valence-corrected chi connectivity index (χ1v) is 11.1. The molecule has 1 amide bonds. The predicted octanol–water partition coefficient (Wildman–Crippen LogP) is 3.65. The number of rotatable bonds is 7. The topological polar surface area (TPSA) is 115 Å². The van der Waals surface area contributed by atoms with Gasteiger partial charge in [-0.25, -0.2) is 9.97 Å². The smallest absolute Gasteiger partial charge is 0.241 e. The number of nitrogens with zero attached hydrogens (tertiary/aromatic N) is 4. The normalized spacial score (nSPS) is 15.8. The van der Waals surface area contributed by atoms with Crippen LogP contribution in [0.1, 0.15) is 31.2 Å². The summed E-state index contributed by atoms with van der Waals surface area (Å²) >= 11 is 12.4. The molecule has 1 aliphatic heterocycles. The summed E-state index contributed by atoms with van der Waals surface area (Å²) in [4.78, 5) is 22.5. The molecule has 0 atom stereocenters. The van der Waals surface area contributed by atoms with Crippen LogP contribution in [0.2, 0.25) is 5.02 Å². The zero-order valence-corrected chi connectivity index (χ0v) is 19.9. The van der Waals surface area contributed by atoms with Crippen molar-refractivity contribution >= 4 is 34.8 Å². The fraction of sp³-hybridized carbons (Fsp3) is 0.348. The van der Waals surface area contributed by atoms with Gasteiger partial charge in [-0.3, -0.25) is 10.2 Å². The number of allylic oxidation sites excluding steroid dienone is 2. The highest BCUT2D eigenvalue weighted by Crippen LogP contribution is 2.38. The zero-order valence-electron chi connectivity index (χ0n) is 18.4. The average Bonchev–Trinajstić information content (AvgIpc) is 2.87. The molecule has 0 bridgehead atoms. The maximum atomic E-state index is 12.7. The van der Waals surface area contributed by atoms with Gasteiger partial charge in [-0.05, 0) is 43.5 Å². The van der Waals surface area contributed by atoms with Gasteiger partial charge in [0.05, 0.1) is 35.2 Å². The number of carbonyl (C=O) groups excluding carboxylic acids is 1. The number of nitriles is 1. The molecular weight excluding hydrogens is 463 g/mol. The lowest BCUT2D eigenvalue weighted by Gasteiger charge is -2.38. The van der Waals surface area contributed by atoms with Gasteiger partial charge in [-0.2, -0.15) is 5.26 Å². The summed E-state index contributed by atoms with van der Waals surface area (Å²) in [5.74, 6) is 0.622. The number of hydrogen-bond acceptors (Lipinski definition) is 7. The highest BCUT2D eigenvalue weighted by Gasteiger charge is 2.38. The lowest BCUT2D eigenvalue weighted by atomic mass is 9.74. The minimum atomic E-state index is -0.702. The summed E-state index contributed by atoms with van der Waals surface area (Å²) < 4.78 is 5.29. The molecule has 0 radical (unpaired) electrons. The molecule has 1 aromatic carbocycles. The summed E-state index contributed by atoms with van der Waals surface area (Å²) in [6.07, 6.45) is 4.08. The number of benzene rings is 1. The third kappa shape index (κ3) is 5.44. The van der Waals surface area contributed by atoms with Crippen molar-refractivity contribution in [3.05, 3.63) is 63.8 Å². The molecule has 8 nitrogen and oxygen atoms in total. The molecule has 1 aliphatic rings. The van der Waals surface area contributed by atoms with Crippen LogP contribution in [-0.2, 0) is 10.2 Å². The van der Waals surface area contributed by atoms with Gasteiger partial charge in [0.15, 0.2) is 5.82 Å². The third-order valence-electron chi connectivity index (χ3n) is 5.73. The van der Waals surface area contributed by atoms with Crippen LogP contribution >= 0.6 is 23.2 Å². The van der Waals surface area contributed by atoms with Crippen molar-refractivity contribution in [1.29, 1.82) is 10.7 Å². The van der Waals surface area contributed by atoms with E-state index in [0.717, 1.165) is 5.56 Å². The minimum Gasteiger partial charge on any atom is -0.495 e. The molecule has 0 spiro atoms. The van der Waals surface area contributed by atoms with E-state index in [-0.39, 0.29) is 29.0 Å². The van der Waals surface area contributed by atoms with Crippen molar-refractivity contribution in [1.82, 2.24) is 20.2 Å². The van der Waals surface area contributed by atoms with Crippen LogP contribution in [0.3, 0.4) is 0 Å². The molecule has 2 aromatic rings. The van der Waals surface area contributed by atoms with Crippen LogP contribution in [0.15, 0.2) is 47.4 Å². The van der Waals surface area contributed by atoms with Crippen LogP contribution < -0.4 is 10.1 Å². The second-order valence-corrected chi connectivity index (χ2v) is 8.45. The number of carbonyl (C=O) groups is 1. The summed E-state index contributed by atoms with van der Waals surface area (Å²) in [5, 5.41) is 21.7. The summed E-state index contributed by atoms with van der Waals surface area (Å²) in [7, 11) is 1.54. The Labute approximate surface area is 202 Å². The Morgan fingerprint density at radius 3 is 2.61 bits per heavy atom. The molecule has 1 fully saturated rings. The fourth-order valence-electron chi connectivity index (χ4n) is 3.67. The van der Waals surface area contributed by atoms with E-state index in [2.05, 4.69) is 21.4 Å². The third-order valence-corrected chi connectivity index (χ3v) is 6.52. The number of hydrogen-bond donors (Lipinski definition) is 2. The standard InChI is InChI=1S/C23H24Cl2N6O2/c1-15(20(25)21(27)22-28-8-3-9-29-22)30-13-19(32)31-10-6-23(14-26,7-11-31)16-4-5-17(24)18(12-16)33-2/h3-5,8-9,12,27,30H,6-7,10-11,13H2,1-2H3/b20-15+,27-21?. The average molecular weight is 487 g/mol. The maximum Gasteiger partial charge on any atom is 0.241 e. The van der Waals surface area contributed by atoms with E-state index in [4.69, 9.17) is 33.3 Å². The van der Waals surface area contributed by atoms with E-state index in [9.17, 15) is 10.1 Å². The molecule has 10 heteroatoms. The molecule has 2 heterocycles. The van der Waals surface area contributed by atoms with Crippen molar-refractivity contribution in [2.75, 3.05) is 26.7 Å². The second-order valence-electron chi connectivity index (χ2n) is 7.66. The molecule has 33 heavy (non-hydrogen) atoms. The molecule has 0 aliphatic carbocycles. The number of aromatic nitrogens is 2. The predicted molar refractivity (Wildman–Crippen MR) is 127 cm³/mol. The highest BCUT2D eigenvalue weighted by atomic mass is 35.5. The van der Waals surface area contributed by atoms with Gasteiger partial charge in [0, 0.05) is 31.2 Å². The number of nitrogens with one attached hydrogen (secondary N) is 2. The Bertz CT molecular complexity index is 1110. The Hall–Kier alpha value is -3.15. The van der Waals surface area contributed by atoms with Crippen LogP contribution in [0, 0.1) is 16.7 Å². The van der Waals surface area contributed by atoms with E-state index in [1.54, 1.807) is 30.0 Å². The molecule has 1 saturated heterocycles. The number of likely N-dealkylation sites (tertiary alicyclic amines) is 1. The van der Waals surface area contributed by atoms with Crippen LogP contribution in [0.5, 0.6) is 5.75 Å². The Morgan fingerprint density at radius 2 is 2.00 bits per heavy atom. The molecule has 1 aromatic heterocycles. The van der Waals surface area contributed by atoms with Gasteiger partial charge in [0.25, 0.3) is 0 Å². The Kier molecular flexibility index (Phi) is 7.90. The zero-order chi connectivity index (χ0) is 24.0. The van der Waals surface area contributed by atoms with Gasteiger partial charge >= 0.3 is 0 Å². The van der Waals surface area contributed by atoms with Crippen molar-refractivity contribution in [3.8, 4) is 11.8 Å². The SMILES string of the molecule is COc1cc(C2(C#N)CCN(C(=O)CN/C(C)=C(/Cl)C(=N)c3ncccn3)CC2)ccc1Cl. The van der Waals surface area contributed by atoms with Crippen molar-refractivity contribution in [2.45, 2.75) is 25.2 Å². The molecule has 0 saturated carbocycles. The van der Waals surface area contributed by atoms with E-state index >= 15 is 0 Å². The Morgan fingerprint density at radius 1 is 1.33 bits per heavy atom. The minimum absolute atomic E-state index is 0.0233. The number of piperidine rings is 1. The maximum absolute atomic E-state index is 12.7. The summed E-state index contributed by atoms with van der Waals surface area (Å²) in [6, 6.07) is 9.47. The first-order valence-electron chi connectivity index (χ1n) is 10.3. The van der Waals surface area contributed by atoms with Gasteiger partial charge < -0.3 is 15.0 Å². The lowest BCUT2D eigenvalue weighted by molar-refractivity contribution is -0.131. The van der Waals surface area contributed by atoms with Gasteiger partial charge in [-0.15, -0.1) is 0 Å². The van der Waals surface area contributed by atoms with Crippen molar-refractivity contribution < 1.29 is 9.53 Å².